The Morgan fingerprint density at radius 1 is 1.47 bits per heavy atom. The summed E-state index contributed by atoms with van der Waals surface area (Å²) in [5, 5.41) is 14.3. The van der Waals surface area contributed by atoms with Crippen molar-refractivity contribution in [2.45, 2.75) is 0 Å². The van der Waals surface area contributed by atoms with Gasteiger partial charge in [-0.05, 0) is 5.56 Å². The van der Waals surface area contributed by atoms with Gasteiger partial charge >= 0.3 is 0 Å². The molecular formula is C10H10N2O3. The highest BCUT2D eigenvalue weighted by atomic mass is 16.6. The molecule has 15 heavy (non-hydrogen) atoms. The van der Waals surface area contributed by atoms with Crippen molar-refractivity contribution in [3.8, 4) is 0 Å². The van der Waals surface area contributed by atoms with Gasteiger partial charge in [0.25, 0.3) is 0 Å². The average molecular weight is 206 g/mol. The second-order valence-electron chi connectivity index (χ2n) is 3.35. The largest absolute Gasteiger partial charge is 0.395 e. The molecule has 0 saturated heterocycles. The Morgan fingerprint density at radius 2 is 2.20 bits per heavy atom. The summed E-state index contributed by atoms with van der Waals surface area (Å²) in [6.45, 7) is 0.166. The van der Waals surface area contributed by atoms with Crippen LogP contribution in [0, 0.1) is 16.0 Å². The maximum absolute atomic E-state index is 10.4. The Kier molecular flexibility index (Phi) is 2.62. The summed E-state index contributed by atoms with van der Waals surface area (Å²) >= 11 is 0. The quantitative estimate of drug-likeness (QED) is 0.553. The number of oxime groups is 1. The van der Waals surface area contributed by atoms with E-state index in [1.807, 2.05) is 30.3 Å². The van der Waals surface area contributed by atoms with Gasteiger partial charge in [0, 0.05) is 4.92 Å². The van der Waals surface area contributed by atoms with Crippen LogP contribution in [-0.2, 0) is 4.84 Å². The van der Waals surface area contributed by atoms with Gasteiger partial charge < -0.3 is 4.84 Å². The maximum atomic E-state index is 10.4. The lowest BCUT2D eigenvalue weighted by Crippen LogP contribution is -2.23. The average Bonchev–Trinajstić information content (AvgIpc) is 2.66. The molecule has 0 radical (unpaired) electrons. The SMILES string of the molecule is O=[N+]([O-])CC1CON=C1c1ccccc1. The third-order valence-electron chi connectivity index (χ3n) is 2.26. The molecule has 1 heterocycles. The molecule has 1 aromatic rings. The van der Waals surface area contributed by atoms with E-state index in [-0.39, 0.29) is 17.4 Å². The predicted octanol–water partition coefficient (Wildman–Crippen LogP) is 1.31. The van der Waals surface area contributed by atoms with Gasteiger partial charge in [0.2, 0.25) is 6.54 Å². The number of rotatable bonds is 3. The molecule has 1 aliphatic heterocycles. The Labute approximate surface area is 86.5 Å². The van der Waals surface area contributed by atoms with E-state index in [1.54, 1.807) is 0 Å². The normalized spacial score (nSPS) is 19.5. The molecule has 0 N–H and O–H groups in total. The summed E-state index contributed by atoms with van der Waals surface area (Å²) < 4.78 is 0. The van der Waals surface area contributed by atoms with E-state index in [4.69, 9.17) is 4.84 Å². The number of nitro groups is 1. The zero-order valence-electron chi connectivity index (χ0n) is 8.00. The number of nitrogens with zero attached hydrogens (tertiary/aromatic N) is 2. The van der Waals surface area contributed by atoms with Crippen LogP contribution in [0.1, 0.15) is 5.56 Å². The molecule has 78 valence electrons. The molecule has 1 unspecified atom stereocenters. The number of hydrogen-bond donors (Lipinski definition) is 0. The zero-order valence-corrected chi connectivity index (χ0v) is 8.00. The molecule has 5 heteroatoms. The molecule has 1 atom stereocenters. The van der Waals surface area contributed by atoms with Gasteiger partial charge in [0.15, 0.2) is 0 Å². The first-order valence-corrected chi connectivity index (χ1v) is 4.64. The van der Waals surface area contributed by atoms with Gasteiger partial charge in [-0.2, -0.15) is 0 Å². The highest BCUT2D eigenvalue weighted by molar-refractivity contribution is 6.02. The second kappa shape index (κ2) is 4.08. The van der Waals surface area contributed by atoms with Crippen LogP contribution in [-0.4, -0.2) is 23.8 Å². The van der Waals surface area contributed by atoms with Crippen LogP contribution in [0.3, 0.4) is 0 Å². The van der Waals surface area contributed by atoms with Crippen LogP contribution in [0.2, 0.25) is 0 Å². The van der Waals surface area contributed by atoms with Crippen molar-refractivity contribution in [2.75, 3.05) is 13.2 Å². The summed E-state index contributed by atoms with van der Waals surface area (Å²) in [5.41, 5.74) is 1.56. The van der Waals surface area contributed by atoms with Crippen molar-refractivity contribution in [2.24, 2.45) is 11.1 Å². The van der Waals surface area contributed by atoms with Crippen LogP contribution in [0.5, 0.6) is 0 Å². The van der Waals surface area contributed by atoms with E-state index in [1.165, 1.54) is 0 Å². The Morgan fingerprint density at radius 3 is 2.87 bits per heavy atom. The molecule has 0 aromatic heterocycles. The molecular weight excluding hydrogens is 196 g/mol. The first-order valence-electron chi connectivity index (χ1n) is 4.64. The van der Waals surface area contributed by atoms with Gasteiger partial charge in [-0.25, -0.2) is 0 Å². The van der Waals surface area contributed by atoms with E-state index >= 15 is 0 Å². The topological polar surface area (TPSA) is 64.7 Å². The minimum atomic E-state index is -0.336. The fourth-order valence-corrected chi connectivity index (χ4v) is 1.57. The van der Waals surface area contributed by atoms with Crippen LogP contribution in [0.4, 0.5) is 0 Å². The van der Waals surface area contributed by atoms with Crippen molar-refractivity contribution in [3.63, 3.8) is 0 Å². The van der Waals surface area contributed by atoms with Crippen LogP contribution in [0.25, 0.3) is 0 Å². The van der Waals surface area contributed by atoms with Crippen molar-refractivity contribution in [3.05, 3.63) is 46.0 Å². The lowest BCUT2D eigenvalue weighted by Gasteiger charge is -2.04. The van der Waals surface area contributed by atoms with Gasteiger partial charge in [-0.3, -0.25) is 10.1 Å². The van der Waals surface area contributed by atoms with Crippen LogP contribution in [0.15, 0.2) is 35.5 Å². The van der Waals surface area contributed by atoms with Crippen LogP contribution >= 0.6 is 0 Å². The summed E-state index contributed by atoms with van der Waals surface area (Å²) in [7, 11) is 0. The molecule has 0 aliphatic carbocycles. The first-order chi connectivity index (χ1) is 7.27. The Bertz CT molecular complexity index is 389. The summed E-state index contributed by atoms with van der Waals surface area (Å²) in [6, 6.07) is 9.39. The van der Waals surface area contributed by atoms with Crippen molar-refractivity contribution in [1.29, 1.82) is 0 Å². The lowest BCUT2D eigenvalue weighted by atomic mass is 9.98. The highest BCUT2D eigenvalue weighted by Crippen LogP contribution is 2.17. The molecule has 1 aliphatic rings. The highest BCUT2D eigenvalue weighted by Gasteiger charge is 2.28. The number of hydrogen-bond acceptors (Lipinski definition) is 4. The minimum Gasteiger partial charge on any atom is -0.395 e. The van der Waals surface area contributed by atoms with Crippen LogP contribution < -0.4 is 0 Å². The molecule has 0 spiro atoms. The van der Waals surface area contributed by atoms with Gasteiger partial charge in [0.05, 0.1) is 0 Å². The fraction of sp³-hybridized carbons (Fsp3) is 0.300. The third kappa shape index (κ3) is 2.12. The summed E-state index contributed by atoms with van der Waals surface area (Å²) in [5.74, 6) is -0.234. The third-order valence-corrected chi connectivity index (χ3v) is 2.26. The first kappa shape index (κ1) is 9.64. The number of benzene rings is 1. The van der Waals surface area contributed by atoms with Crippen molar-refractivity contribution in [1.82, 2.24) is 0 Å². The molecule has 0 saturated carbocycles. The fourth-order valence-electron chi connectivity index (χ4n) is 1.57. The van der Waals surface area contributed by atoms with Crippen molar-refractivity contribution < 1.29 is 9.76 Å². The Hall–Kier alpha value is -1.91. The standard InChI is InChI=1S/C10H10N2O3/c13-12(14)6-9-7-15-11-10(9)8-4-2-1-3-5-8/h1-5,9H,6-7H2. The second-order valence-corrected chi connectivity index (χ2v) is 3.35. The summed E-state index contributed by atoms with van der Waals surface area (Å²) in [4.78, 5) is 15.0. The van der Waals surface area contributed by atoms with E-state index in [0.717, 1.165) is 5.56 Å². The molecule has 5 nitrogen and oxygen atoms in total. The molecule has 0 amide bonds. The van der Waals surface area contributed by atoms with Crippen molar-refractivity contribution >= 4 is 5.71 Å². The van der Waals surface area contributed by atoms with Gasteiger partial charge in [0.1, 0.15) is 18.2 Å². The molecule has 1 aromatic carbocycles. The molecule has 2 rings (SSSR count). The zero-order chi connectivity index (χ0) is 10.7. The smallest absolute Gasteiger partial charge is 0.215 e. The minimum absolute atomic E-state index is 0.131. The maximum Gasteiger partial charge on any atom is 0.215 e. The van der Waals surface area contributed by atoms with E-state index in [9.17, 15) is 10.1 Å². The Balaban J connectivity index is 2.18. The van der Waals surface area contributed by atoms with E-state index < -0.39 is 0 Å². The molecule has 0 fully saturated rings. The van der Waals surface area contributed by atoms with Gasteiger partial charge in [-0.15, -0.1) is 0 Å². The molecule has 0 bridgehead atoms. The predicted molar refractivity (Wildman–Crippen MR) is 54.3 cm³/mol. The van der Waals surface area contributed by atoms with Gasteiger partial charge in [-0.1, -0.05) is 35.5 Å². The summed E-state index contributed by atoms with van der Waals surface area (Å²) in [6.07, 6.45) is 0. The lowest BCUT2D eigenvalue weighted by molar-refractivity contribution is -0.484. The monoisotopic (exact) mass is 206 g/mol. The van der Waals surface area contributed by atoms with E-state index in [0.29, 0.717) is 12.3 Å². The van der Waals surface area contributed by atoms with E-state index in [2.05, 4.69) is 5.16 Å².